The summed E-state index contributed by atoms with van der Waals surface area (Å²) in [7, 11) is 0. The Balaban J connectivity index is 1.41. The van der Waals surface area contributed by atoms with Gasteiger partial charge in [-0.15, -0.1) is 28.1 Å². The van der Waals surface area contributed by atoms with Gasteiger partial charge in [-0.1, -0.05) is 78.0 Å². The highest BCUT2D eigenvalue weighted by Gasteiger charge is 2.15. The zero-order valence-electron chi connectivity index (χ0n) is 17.0. The second-order valence-electron chi connectivity index (χ2n) is 6.81. The van der Waals surface area contributed by atoms with Crippen LogP contribution < -0.4 is 5.32 Å². The Morgan fingerprint density at radius 1 is 1.13 bits per heavy atom. The summed E-state index contributed by atoms with van der Waals surface area (Å²) in [6.45, 7) is 6.43. The third-order valence-electron chi connectivity index (χ3n) is 4.49. The van der Waals surface area contributed by atoms with E-state index in [0.717, 1.165) is 22.6 Å². The molecule has 1 N–H and O–H groups in total. The summed E-state index contributed by atoms with van der Waals surface area (Å²) in [5.41, 5.74) is 4.05. The average molecular weight is 448 g/mol. The van der Waals surface area contributed by atoms with Gasteiger partial charge in [-0.3, -0.25) is 9.36 Å². The molecule has 0 radical (unpaired) electrons. The lowest BCUT2D eigenvalue weighted by Gasteiger charge is -2.07. The largest absolute Gasteiger partial charge is 0.301 e. The van der Waals surface area contributed by atoms with Gasteiger partial charge in [0.15, 0.2) is 16.1 Å². The molecule has 0 atom stereocenters. The molecule has 4 rings (SSSR count). The van der Waals surface area contributed by atoms with Crippen LogP contribution in [0.4, 0.5) is 5.13 Å². The Morgan fingerprint density at radius 3 is 2.65 bits per heavy atom. The second kappa shape index (κ2) is 9.72. The molecule has 0 unspecified atom stereocenters. The summed E-state index contributed by atoms with van der Waals surface area (Å²) in [6.07, 6.45) is 1.79. The quantitative estimate of drug-likeness (QED) is 0.293. The smallest absolute Gasteiger partial charge is 0.236 e. The molecular formula is C23H21N5OS2. The van der Waals surface area contributed by atoms with Crippen LogP contribution in [-0.4, -0.2) is 31.4 Å². The van der Waals surface area contributed by atoms with E-state index in [2.05, 4.69) is 27.1 Å². The van der Waals surface area contributed by atoms with Crippen LogP contribution in [0.5, 0.6) is 0 Å². The maximum absolute atomic E-state index is 12.5. The van der Waals surface area contributed by atoms with Gasteiger partial charge < -0.3 is 5.32 Å². The maximum Gasteiger partial charge on any atom is 0.236 e. The Labute approximate surface area is 189 Å². The fourth-order valence-corrected chi connectivity index (χ4v) is 4.45. The molecule has 0 saturated heterocycles. The zero-order valence-corrected chi connectivity index (χ0v) is 18.6. The second-order valence-corrected chi connectivity index (χ2v) is 8.61. The summed E-state index contributed by atoms with van der Waals surface area (Å²) < 4.78 is 1.96. The van der Waals surface area contributed by atoms with Crippen molar-refractivity contribution in [3.63, 3.8) is 0 Å². The standard InChI is InChI=1S/C23H21N5OS2/c1-3-13-28-21(18-7-5-4-6-8-18)26-27-23(28)31-15-20(29)25-22-24-19(14-30-22)17-11-9-16(2)10-12-17/h3-12,14H,1,13,15H2,2H3,(H,24,25,29). The first-order valence-corrected chi connectivity index (χ1v) is 11.6. The minimum Gasteiger partial charge on any atom is -0.301 e. The lowest BCUT2D eigenvalue weighted by atomic mass is 10.1. The first-order chi connectivity index (χ1) is 15.1. The van der Waals surface area contributed by atoms with Gasteiger partial charge in [0.1, 0.15) is 0 Å². The summed E-state index contributed by atoms with van der Waals surface area (Å²) in [6, 6.07) is 18.0. The van der Waals surface area contributed by atoms with Crippen molar-refractivity contribution >= 4 is 34.1 Å². The zero-order chi connectivity index (χ0) is 21.6. The minimum absolute atomic E-state index is 0.135. The number of carbonyl (C=O) groups is 1. The number of carbonyl (C=O) groups excluding carboxylic acids is 1. The van der Waals surface area contributed by atoms with Crippen molar-refractivity contribution in [3.8, 4) is 22.6 Å². The molecule has 0 aliphatic heterocycles. The lowest BCUT2D eigenvalue weighted by molar-refractivity contribution is -0.113. The van der Waals surface area contributed by atoms with E-state index in [1.165, 1.54) is 28.7 Å². The van der Waals surface area contributed by atoms with E-state index in [4.69, 9.17) is 0 Å². The number of rotatable bonds is 8. The van der Waals surface area contributed by atoms with Crippen LogP contribution in [0.15, 0.2) is 77.8 Å². The van der Waals surface area contributed by atoms with Crippen LogP contribution in [-0.2, 0) is 11.3 Å². The third kappa shape index (κ3) is 5.10. The monoisotopic (exact) mass is 447 g/mol. The van der Waals surface area contributed by atoms with Gasteiger partial charge >= 0.3 is 0 Å². The van der Waals surface area contributed by atoms with Gasteiger partial charge in [0.25, 0.3) is 0 Å². The van der Waals surface area contributed by atoms with Gasteiger partial charge in [0.05, 0.1) is 11.4 Å². The van der Waals surface area contributed by atoms with Gasteiger partial charge in [-0.2, -0.15) is 0 Å². The van der Waals surface area contributed by atoms with Crippen molar-refractivity contribution in [2.24, 2.45) is 0 Å². The predicted molar refractivity (Wildman–Crippen MR) is 127 cm³/mol. The topological polar surface area (TPSA) is 72.7 Å². The molecule has 2 heterocycles. The fraction of sp³-hybridized carbons (Fsp3) is 0.130. The summed E-state index contributed by atoms with van der Waals surface area (Å²) >= 11 is 2.75. The van der Waals surface area contributed by atoms with E-state index in [9.17, 15) is 4.79 Å². The SMILES string of the molecule is C=CCn1c(SCC(=O)Nc2nc(-c3ccc(C)cc3)cs2)nnc1-c1ccccc1. The van der Waals surface area contributed by atoms with E-state index < -0.39 is 0 Å². The van der Waals surface area contributed by atoms with Crippen molar-refractivity contribution in [1.29, 1.82) is 0 Å². The molecule has 156 valence electrons. The minimum atomic E-state index is -0.135. The Kier molecular flexibility index (Phi) is 6.59. The number of amides is 1. The van der Waals surface area contributed by atoms with E-state index in [1.807, 2.05) is 71.5 Å². The molecule has 8 heteroatoms. The molecule has 6 nitrogen and oxygen atoms in total. The number of anilines is 1. The number of hydrogen-bond donors (Lipinski definition) is 1. The van der Waals surface area contributed by atoms with Crippen molar-refractivity contribution < 1.29 is 4.79 Å². The van der Waals surface area contributed by atoms with Crippen LogP contribution in [0.2, 0.25) is 0 Å². The molecule has 0 spiro atoms. The molecule has 4 aromatic rings. The summed E-state index contributed by atoms with van der Waals surface area (Å²) in [5.74, 6) is 0.832. The normalized spacial score (nSPS) is 10.7. The number of allylic oxidation sites excluding steroid dienone is 1. The molecule has 0 aliphatic rings. The van der Waals surface area contributed by atoms with E-state index in [-0.39, 0.29) is 11.7 Å². The van der Waals surface area contributed by atoms with Crippen LogP contribution in [0.1, 0.15) is 5.56 Å². The lowest BCUT2D eigenvalue weighted by Crippen LogP contribution is -2.14. The first kappa shape index (κ1) is 21.0. The molecule has 0 aliphatic carbocycles. The van der Waals surface area contributed by atoms with Crippen LogP contribution in [0, 0.1) is 6.92 Å². The van der Waals surface area contributed by atoms with Crippen LogP contribution in [0.25, 0.3) is 22.6 Å². The van der Waals surface area contributed by atoms with Gasteiger partial charge in [0.2, 0.25) is 5.91 Å². The van der Waals surface area contributed by atoms with Crippen LogP contribution in [0.3, 0.4) is 0 Å². The van der Waals surface area contributed by atoms with Gasteiger partial charge in [-0.05, 0) is 6.92 Å². The molecule has 0 saturated carbocycles. The third-order valence-corrected chi connectivity index (χ3v) is 6.22. The number of thiazole rings is 1. The number of aryl methyl sites for hydroxylation is 1. The Morgan fingerprint density at radius 2 is 1.90 bits per heavy atom. The highest BCUT2D eigenvalue weighted by Crippen LogP contribution is 2.26. The molecule has 2 aromatic carbocycles. The van der Waals surface area contributed by atoms with Crippen molar-refractivity contribution in [2.45, 2.75) is 18.6 Å². The van der Waals surface area contributed by atoms with Gasteiger partial charge in [-0.25, -0.2) is 4.98 Å². The molecule has 2 aromatic heterocycles. The van der Waals surface area contributed by atoms with E-state index in [0.29, 0.717) is 16.8 Å². The van der Waals surface area contributed by atoms with E-state index in [1.54, 1.807) is 6.08 Å². The highest BCUT2D eigenvalue weighted by molar-refractivity contribution is 7.99. The number of thioether (sulfide) groups is 1. The summed E-state index contributed by atoms with van der Waals surface area (Å²) in [4.78, 5) is 17.0. The van der Waals surface area contributed by atoms with Gasteiger partial charge in [0, 0.05) is 23.1 Å². The number of benzene rings is 2. The average Bonchev–Trinajstić information content (AvgIpc) is 3.41. The molecular weight excluding hydrogens is 426 g/mol. The number of nitrogens with one attached hydrogen (secondary N) is 1. The maximum atomic E-state index is 12.5. The first-order valence-electron chi connectivity index (χ1n) is 9.69. The number of aromatic nitrogens is 4. The molecule has 0 fully saturated rings. The van der Waals surface area contributed by atoms with E-state index >= 15 is 0 Å². The highest BCUT2D eigenvalue weighted by atomic mass is 32.2. The van der Waals surface area contributed by atoms with Crippen molar-refractivity contribution in [2.75, 3.05) is 11.1 Å². The Bertz CT molecular complexity index is 1180. The molecule has 31 heavy (non-hydrogen) atoms. The number of hydrogen-bond acceptors (Lipinski definition) is 6. The van der Waals surface area contributed by atoms with Crippen LogP contribution >= 0.6 is 23.1 Å². The van der Waals surface area contributed by atoms with Crippen molar-refractivity contribution in [3.05, 3.63) is 78.2 Å². The Hall–Kier alpha value is -3.23. The fourth-order valence-electron chi connectivity index (χ4n) is 2.96. The predicted octanol–water partition coefficient (Wildman–Crippen LogP) is 5.29. The van der Waals surface area contributed by atoms with Crippen molar-refractivity contribution in [1.82, 2.24) is 19.7 Å². The number of nitrogens with zero attached hydrogens (tertiary/aromatic N) is 4. The molecule has 0 bridgehead atoms. The molecule has 1 amide bonds. The summed E-state index contributed by atoms with van der Waals surface area (Å²) in [5, 5.41) is 14.7.